The lowest BCUT2D eigenvalue weighted by Crippen LogP contribution is -2.39. The van der Waals surface area contributed by atoms with Gasteiger partial charge in [0, 0.05) is 28.4 Å². The van der Waals surface area contributed by atoms with Crippen LogP contribution in [0.3, 0.4) is 0 Å². The number of hydrogen-bond donors (Lipinski definition) is 0. The van der Waals surface area contributed by atoms with Crippen LogP contribution in [0.2, 0.25) is 0 Å². The van der Waals surface area contributed by atoms with Crippen LogP contribution in [-0.2, 0) is 21.7 Å². The zero-order valence-electron chi connectivity index (χ0n) is 17.8. The van der Waals surface area contributed by atoms with E-state index in [1.165, 1.54) is 11.8 Å². The number of benzene rings is 2. The largest absolute Gasteiger partial charge is 0.449 e. The van der Waals surface area contributed by atoms with Gasteiger partial charge in [-0.05, 0) is 51.0 Å². The van der Waals surface area contributed by atoms with Gasteiger partial charge in [-0.15, -0.1) is 11.8 Å². The Kier molecular flexibility index (Phi) is 6.13. The Hall–Kier alpha value is -3.06. The number of anilines is 1. The minimum Gasteiger partial charge on any atom is -0.449 e. The molecule has 0 unspecified atom stereocenters. The van der Waals surface area contributed by atoms with Gasteiger partial charge in [-0.3, -0.25) is 4.79 Å². The van der Waals surface area contributed by atoms with Gasteiger partial charge < -0.3 is 14.2 Å². The van der Waals surface area contributed by atoms with E-state index < -0.39 is 12.1 Å². The Bertz CT molecular complexity index is 1100. The van der Waals surface area contributed by atoms with Crippen molar-refractivity contribution in [2.24, 2.45) is 0 Å². The predicted molar refractivity (Wildman–Crippen MR) is 119 cm³/mol. The van der Waals surface area contributed by atoms with Crippen molar-refractivity contribution in [2.45, 2.75) is 43.9 Å². The summed E-state index contributed by atoms with van der Waals surface area (Å²) in [6, 6.07) is 15.1. The molecule has 3 aromatic rings. The number of ether oxygens (including phenoxy) is 1. The number of fused-ring (bicyclic) bond motifs is 1. The van der Waals surface area contributed by atoms with Gasteiger partial charge in [0.05, 0.1) is 11.3 Å². The van der Waals surface area contributed by atoms with Gasteiger partial charge in [-0.25, -0.2) is 4.79 Å². The van der Waals surface area contributed by atoms with E-state index in [0.717, 1.165) is 39.6 Å². The number of thioether (sulfide) groups is 1. The van der Waals surface area contributed by atoms with Crippen molar-refractivity contribution in [3.63, 3.8) is 0 Å². The summed E-state index contributed by atoms with van der Waals surface area (Å²) in [5, 5.41) is 3.98. The van der Waals surface area contributed by atoms with Gasteiger partial charge in [0.15, 0.2) is 6.10 Å². The summed E-state index contributed by atoms with van der Waals surface area (Å²) in [5.74, 6) is 0.689. The fraction of sp³-hybridized carbons (Fsp3) is 0.292. The molecule has 0 spiro atoms. The highest BCUT2D eigenvalue weighted by atomic mass is 32.2. The fourth-order valence-electron chi connectivity index (χ4n) is 3.68. The second-order valence-electron chi connectivity index (χ2n) is 7.50. The first-order valence-electron chi connectivity index (χ1n) is 10.2. The van der Waals surface area contributed by atoms with Crippen molar-refractivity contribution in [1.29, 1.82) is 0 Å². The second-order valence-corrected chi connectivity index (χ2v) is 8.52. The molecule has 7 heteroatoms. The number of carbonyl (C=O) groups is 2. The summed E-state index contributed by atoms with van der Waals surface area (Å²) in [6.07, 6.45) is -0.0664. The molecule has 1 atom stereocenters. The summed E-state index contributed by atoms with van der Waals surface area (Å²) in [6.45, 7) is 6.00. The lowest BCUT2D eigenvalue weighted by atomic mass is 10.2. The van der Waals surface area contributed by atoms with E-state index in [-0.39, 0.29) is 5.91 Å². The van der Waals surface area contributed by atoms with Crippen LogP contribution in [-0.4, -0.2) is 29.7 Å². The van der Waals surface area contributed by atoms with Gasteiger partial charge in [0.1, 0.15) is 5.76 Å². The lowest BCUT2D eigenvalue weighted by Gasteiger charge is -2.22. The zero-order valence-corrected chi connectivity index (χ0v) is 18.6. The molecule has 0 radical (unpaired) electrons. The molecule has 0 saturated carbocycles. The molecule has 1 amide bonds. The highest BCUT2D eigenvalue weighted by Crippen LogP contribution is 2.30. The van der Waals surface area contributed by atoms with E-state index in [2.05, 4.69) is 5.16 Å². The molecule has 0 saturated heterocycles. The molecule has 4 rings (SSSR count). The number of carbonyl (C=O) groups excluding carboxylic acids is 2. The lowest BCUT2D eigenvalue weighted by molar-refractivity contribution is -0.126. The van der Waals surface area contributed by atoms with Crippen LogP contribution in [0.1, 0.15) is 39.9 Å². The monoisotopic (exact) mass is 436 g/mol. The molecule has 31 heavy (non-hydrogen) atoms. The first-order chi connectivity index (χ1) is 15.0. The topological polar surface area (TPSA) is 72.6 Å². The number of aryl methyl sites for hydroxylation is 2. The number of esters is 1. The molecular formula is C24H24N2O4S. The average Bonchev–Trinajstić information content (AvgIpc) is 3.35. The van der Waals surface area contributed by atoms with Gasteiger partial charge in [-0.1, -0.05) is 35.5 Å². The molecular weight excluding hydrogens is 412 g/mol. The molecule has 2 heterocycles. The standard InChI is InChI=1S/C24H24N2O4S/c1-15-20(16(2)30-25-15)14-31-22-11-7-5-9-19(22)24(28)29-17(3)23(27)26-13-12-18-8-4-6-10-21(18)26/h4-11,17H,12-14H2,1-3H3/t17-/m0/s1. The van der Waals surface area contributed by atoms with Crippen LogP contribution in [0.25, 0.3) is 0 Å². The highest BCUT2D eigenvalue weighted by molar-refractivity contribution is 7.98. The smallest absolute Gasteiger partial charge is 0.340 e. The minimum absolute atomic E-state index is 0.209. The number of para-hydroxylation sites is 1. The Balaban J connectivity index is 1.45. The Morgan fingerprint density at radius 3 is 2.68 bits per heavy atom. The average molecular weight is 437 g/mol. The summed E-state index contributed by atoms with van der Waals surface area (Å²) in [4.78, 5) is 28.3. The molecule has 2 aromatic carbocycles. The fourth-order valence-corrected chi connectivity index (χ4v) is 4.87. The summed E-state index contributed by atoms with van der Waals surface area (Å²) in [7, 11) is 0. The molecule has 0 N–H and O–H groups in total. The van der Waals surface area contributed by atoms with Crippen molar-refractivity contribution in [2.75, 3.05) is 11.4 Å². The summed E-state index contributed by atoms with van der Waals surface area (Å²) < 4.78 is 10.8. The molecule has 1 aliphatic heterocycles. The van der Waals surface area contributed by atoms with E-state index in [1.807, 2.05) is 50.2 Å². The normalized spacial score (nSPS) is 13.7. The Morgan fingerprint density at radius 2 is 1.90 bits per heavy atom. The first-order valence-corrected chi connectivity index (χ1v) is 11.2. The number of nitrogens with zero attached hydrogens (tertiary/aromatic N) is 2. The number of hydrogen-bond acceptors (Lipinski definition) is 6. The second kappa shape index (κ2) is 8.98. The molecule has 0 bridgehead atoms. The molecule has 0 fully saturated rings. The first kappa shape index (κ1) is 21.2. The third-order valence-corrected chi connectivity index (χ3v) is 6.54. The number of aromatic nitrogens is 1. The van der Waals surface area contributed by atoms with Crippen molar-refractivity contribution in [3.05, 3.63) is 76.7 Å². The quantitative estimate of drug-likeness (QED) is 0.411. The van der Waals surface area contributed by atoms with Crippen LogP contribution in [0.4, 0.5) is 5.69 Å². The van der Waals surface area contributed by atoms with E-state index >= 15 is 0 Å². The van der Waals surface area contributed by atoms with E-state index in [0.29, 0.717) is 17.9 Å². The van der Waals surface area contributed by atoms with Crippen molar-refractivity contribution in [1.82, 2.24) is 5.16 Å². The molecule has 0 aliphatic carbocycles. The van der Waals surface area contributed by atoms with Crippen LogP contribution in [0, 0.1) is 13.8 Å². The van der Waals surface area contributed by atoms with Gasteiger partial charge >= 0.3 is 5.97 Å². The van der Waals surface area contributed by atoms with E-state index in [4.69, 9.17) is 9.26 Å². The van der Waals surface area contributed by atoms with Crippen molar-refractivity contribution < 1.29 is 18.8 Å². The minimum atomic E-state index is -0.876. The van der Waals surface area contributed by atoms with Gasteiger partial charge in [0.2, 0.25) is 0 Å². The highest BCUT2D eigenvalue weighted by Gasteiger charge is 2.30. The van der Waals surface area contributed by atoms with Gasteiger partial charge in [-0.2, -0.15) is 0 Å². The van der Waals surface area contributed by atoms with E-state index in [1.54, 1.807) is 24.0 Å². The zero-order chi connectivity index (χ0) is 22.0. The number of rotatable bonds is 6. The van der Waals surface area contributed by atoms with Crippen molar-refractivity contribution in [3.8, 4) is 0 Å². The van der Waals surface area contributed by atoms with Crippen LogP contribution in [0.15, 0.2) is 57.9 Å². The molecule has 1 aromatic heterocycles. The third-order valence-electron chi connectivity index (χ3n) is 5.44. The molecule has 1 aliphatic rings. The van der Waals surface area contributed by atoms with Crippen LogP contribution >= 0.6 is 11.8 Å². The SMILES string of the molecule is Cc1noc(C)c1CSc1ccccc1C(=O)O[C@@H](C)C(=O)N1CCc2ccccc21. The Labute approximate surface area is 185 Å². The summed E-state index contributed by atoms with van der Waals surface area (Å²) >= 11 is 1.52. The predicted octanol–water partition coefficient (Wildman–Crippen LogP) is 4.72. The van der Waals surface area contributed by atoms with Crippen molar-refractivity contribution >= 4 is 29.3 Å². The molecule has 6 nitrogen and oxygen atoms in total. The maximum Gasteiger partial charge on any atom is 0.340 e. The van der Waals surface area contributed by atoms with E-state index in [9.17, 15) is 9.59 Å². The summed E-state index contributed by atoms with van der Waals surface area (Å²) in [5.41, 5.74) is 4.33. The van der Waals surface area contributed by atoms with Gasteiger partial charge in [0.25, 0.3) is 5.91 Å². The maximum atomic E-state index is 12.9. The molecule has 160 valence electrons. The number of amides is 1. The third kappa shape index (κ3) is 4.37. The maximum absolute atomic E-state index is 12.9. The van der Waals surface area contributed by atoms with Crippen LogP contribution < -0.4 is 4.90 Å². The van der Waals surface area contributed by atoms with Crippen LogP contribution in [0.5, 0.6) is 0 Å². The Morgan fingerprint density at radius 1 is 1.16 bits per heavy atom.